The van der Waals surface area contributed by atoms with E-state index in [1.54, 1.807) is 24.5 Å². The van der Waals surface area contributed by atoms with Crippen LogP contribution in [0.4, 0.5) is 5.13 Å². The van der Waals surface area contributed by atoms with Gasteiger partial charge in [0, 0.05) is 33.4 Å². The fourth-order valence-corrected chi connectivity index (χ4v) is 2.71. The Labute approximate surface area is 139 Å². The number of amides is 1. The van der Waals surface area contributed by atoms with Crippen molar-refractivity contribution >= 4 is 38.3 Å². The maximum atomic E-state index is 11.9. The summed E-state index contributed by atoms with van der Waals surface area (Å²) in [6.07, 6.45) is 3.15. The number of carbonyl (C=O) groups excluding carboxylic acids is 1. The molecule has 2 aromatic heterocycles. The normalized spacial score (nSPS) is 10.2. The van der Waals surface area contributed by atoms with Crippen molar-refractivity contribution in [3.63, 3.8) is 0 Å². The van der Waals surface area contributed by atoms with Crippen molar-refractivity contribution in [3.8, 4) is 11.3 Å². The molecule has 7 heteroatoms. The van der Waals surface area contributed by atoms with E-state index in [4.69, 9.17) is 0 Å². The monoisotopic (exact) mass is 374 g/mol. The molecule has 0 unspecified atom stereocenters. The summed E-state index contributed by atoms with van der Waals surface area (Å²) in [6.45, 7) is 0. The lowest BCUT2D eigenvalue weighted by atomic mass is 10.2. The van der Waals surface area contributed by atoms with E-state index in [0.29, 0.717) is 10.7 Å². The standard InChI is InChI=1S/C15H11BrN4OS/c16-12-3-1-10(2-4-12)13-9-22-15(18-13)20-19-14(21)11-5-7-17-8-6-11/h1-9H,(H,18,20)(H,19,21). The third-order valence-corrected chi connectivity index (χ3v) is 4.16. The predicted molar refractivity (Wildman–Crippen MR) is 90.6 cm³/mol. The van der Waals surface area contributed by atoms with E-state index in [1.807, 2.05) is 29.6 Å². The Morgan fingerprint density at radius 2 is 1.82 bits per heavy atom. The SMILES string of the molecule is O=C(NNc1nc(-c2ccc(Br)cc2)cs1)c1ccncc1. The number of thiazole rings is 1. The van der Waals surface area contributed by atoms with Crippen LogP contribution >= 0.6 is 27.3 Å². The summed E-state index contributed by atoms with van der Waals surface area (Å²) in [5.41, 5.74) is 7.85. The molecule has 0 fully saturated rings. The van der Waals surface area contributed by atoms with E-state index in [-0.39, 0.29) is 5.91 Å². The minimum absolute atomic E-state index is 0.234. The van der Waals surface area contributed by atoms with Crippen molar-refractivity contribution in [2.24, 2.45) is 0 Å². The summed E-state index contributed by atoms with van der Waals surface area (Å²) in [4.78, 5) is 20.2. The molecule has 5 nitrogen and oxygen atoms in total. The lowest BCUT2D eigenvalue weighted by molar-refractivity contribution is 0.0962. The highest BCUT2D eigenvalue weighted by molar-refractivity contribution is 9.10. The van der Waals surface area contributed by atoms with E-state index in [2.05, 4.69) is 36.7 Å². The molecule has 0 aliphatic carbocycles. The summed E-state index contributed by atoms with van der Waals surface area (Å²) in [6, 6.07) is 11.2. The summed E-state index contributed by atoms with van der Waals surface area (Å²) in [5, 5.41) is 2.56. The maximum Gasteiger partial charge on any atom is 0.269 e. The van der Waals surface area contributed by atoms with Gasteiger partial charge in [0.15, 0.2) is 0 Å². The maximum absolute atomic E-state index is 11.9. The summed E-state index contributed by atoms with van der Waals surface area (Å²) >= 11 is 4.83. The van der Waals surface area contributed by atoms with E-state index >= 15 is 0 Å². The first-order valence-electron chi connectivity index (χ1n) is 6.40. The predicted octanol–water partition coefficient (Wildman–Crippen LogP) is 3.72. The molecule has 0 aliphatic heterocycles. The third-order valence-electron chi connectivity index (χ3n) is 2.87. The van der Waals surface area contributed by atoms with Crippen LogP contribution in [0.3, 0.4) is 0 Å². The number of carbonyl (C=O) groups is 1. The van der Waals surface area contributed by atoms with Crippen molar-refractivity contribution in [3.05, 3.63) is 64.2 Å². The van der Waals surface area contributed by atoms with Gasteiger partial charge in [-0.25, -0.2) is 4.98 Å². The molecule has 110 valence electrons. The molecule has 3 aromatic rings. The molecule has 0 aliphatic rings. The molecule has 0 radical (unpaired) electrons. The van der Waals surface area contributed by atoms with Crippen molar-refractivity contribution in [2.75, 3.05) is 5.43 Å². The molecule has 0 saturated carbocycles. The molecule has 2 N–H and O–H groups in total. The second-order valence-corrected chi connectivity index (χ2v) is 6.13. The van der Waals surface area contributed by atoms with Crippen LogP contribution in [0.5, 0.6) is 0 Å². The third kappa shape index (κ3) is 3.49. The van der Waals surface area contributed by atoms with Crippen molar-refractivity contribution < 1.29 is 4.79 Å². The highest BCUT2D eigenvalue weighted by Crippen LogP contribution is 2.25. The van der Waals surface area contributed by atoms with Gasteiger partial charge in [0.25, 0.3) is 5.91 Å². The van der Waals surface area contributed by atoms with Gasteiger partial charge in [0.05, 0.1) is 5.69 Å². The number of nitrogens with zero attached hydrogens (tertiary/aromatic N) is 2. The van der Waals surface area contributed by atoms with Gasteiger partial charge < -0.3 is 0 Å². The Hall–Kier alpha value is -2.25. The van der Waals surface area contributed by atoms with Gasteiger partial charge >= 0.3 is 0 Å². The van der Waals surface area contributed by atoms with Gasteiger partial charge in [-0.3, -0.25) is 20.6 Å². The molecule has 0 atom stereocenters. The highest BCUT2D eigenvalue weighted by Gasteiger charge is 2.07. The van der Waals surface area contributed by atoms with Gasteiger partial charge in [-0.1, -0.05) is 28.1 Å². The molecule has 22 heavy (non-hydrogen) atoms. The Bertz CT molecular complexity index is 774. The van der Waals surface area contributed by atoms with Crippen LogP contribution in [-0.2, 0) is 0 Å². The number of halogens is 1. The van der Waals surface area contributed by atoms with Gasteiger partial charge in [-0.05, 0) is 24.3 Å². The molecule has 3 rings (SSSR count). The fourth-order valence-electron chi connectivity index (χ4n) is 1.77. The Morgan fingerprint density at radius 1 is 1.09 bits per heavy atom. The Balaban J connectivity index is 1.65. The molecule has 2 heterocycles. The number of benzene rings is 1. The zero-order valence-corrected chi connectivity index (χ0v) is 13.7. The van der Waals surface area contributed by atoms with Crippen LogP contribution in [-0.4, -0.2) is 15.9 Å². The van der Waals surface area contributed by atoms with Crippen LogP contribution in [0.15, 0.2) is 58.6 Å². The number of anilines is 1. The fraction of sp³-hybridized carbons (Fsp3) is 0. The summed E-state index contributed by atoms with van der Waals surface area (Å²) < 4.78 is 1.02. The molecular weight excluding hydrogens is 364 g/mol. The number of rotatable bonds is 4. The van der Waals surface area contributed by atoms with Crippen LogP contribution < -0.4 is 10.9 Å². The van der Waals surface area contributed by atoms with Crippen LogP contribution in [0.2, 0.25) is 0 Å². The average Bonchev–Trinajstić information content (AvgIpc) is 3.03. The second-order valence-electron chi connectivity index (χ2n) is 4.36. The van der Waals surface area contributed by atoms with E-state index in [0.717, 1.165) is 15.7 Å². The van der Waals surface area contributed by atoms with E-state index < -0.39 is 0 Å². The lowest BCUT2D eigenvalue weighted by Crippen LogP contribution is -2.29. The number of hydrazine groups is 1. The molecular formula is C15H11BrN4OS. The Morgan fingerprint density at radius 3 is 2.55 bits per heavy atom. The number of hydrogen-bond acceptors (Lipinski definition) is 5. The van der Waals surface area contributed by atoms with Crippen molar-refractivity contribution in [1.29, 1.82) is 0 Å². The largest absolute Gasteiger partial charge is 0.273 e. The topological polar surface area (TPSA) is 66.9 Å². The van der Waals surface area contributed by atoms with Crippen molar-refractivity contribution in [2.45, 2.75) is 0 Å². The number of aromatic nitrogens is 2. The number of hydrogen-bond donors (Lipinski definition) is 2. The van der Waals surface area contributed by atoms with E-state index in [9.17, 15) is 4.79 Å². The quantitative estimate of drug-likeness (QED) is 0.682. The van der Waals surface area contributed by atoms with Crippen LogP contribution in [0.1, 0.15) is 10.4 Å². The smallest absolute Gasteiger partial charge is 0.269 e. The van der Waals surface area contributed by atoms with Gasteiger partial charge in [-0.15, -0.1) is 11.3 Å². The second kappa shape index (κ2) is 6.67. The average molecular weight is 375 g/mol. The number of pyridine rings is 1. The first-order valence-corrected chi connectivity index (χ1v) is 8.07. The molecule has 1 aromatic carbocycles. The summed E-state index contributed by atoms with van der Waals surface area (Å²) in [5.74, 6) is -0.234. The van der Waals surface area contributed by atoms with Gasteiger partial charge in [0.2, 0.25) is 5.13 Å². The van der Waals surface area contributed by atoms with E-state index in [1.165, 1.54) is 11.3 Å². The number of nitrogens with one attached hydrogen (secondary N) is 2. The highest BCUT2D eigenvalue weighted by atomic mass is 79.9. The molecule has 0 spiro atoms. The van der Waals surface area contributed by atoms with Crippen LogP contribution in [0.25, 0.3) is 11.3 Å². The first-order chi connectivity index (χ1) is 10.7. The lowest BCUT2D eigenvalue weighted by Gasteiger charge is -2.04. The van der Waals surface area contributed by atoms with Gasteiger partial charge in [0.1, 0.15) is 0 Å². The summed E-state index contributed by atoms with van der Waals surface area (Å²) in [7, 11) is 0. The Kier molecular flexibility index (Phi) is 4.45. The molecule has 1 amide bonds. The minimum atomic E-state index is -0.234. The molecule has 0 saturated heterocycles. The first kappa shape index (κ1) is 14.7. The minimum Gasteiger partial charge on any atom is -0.273 e. The zero-order chi connectivity index (χ0) is 15.4. The van der Waals surface area contributed by atoms with Crippen molar-refractivity contribution in [1.82, 2.24) is 15.4 Å². The van der Waals surface area contributed by atoms with Gasteiger partial charge in [-0.2, -0.15) is 0 Å². The van der Waals surface area contributed by atoms with Crippen LogP contribution in [0, 0.1) is 0 Å². The molecule has 0 bridgehead atoms. The zero-order valence-electron chi connectivity index (χ0n) is 11.3.